The van der Waals surface area contributed by atoms with Crippen LogP contribution in [0.2, 0.25) is 5.02 Å². The first-order valence-electron chi connectivity index (χ1n) is 6.67. The van der Waals surface area contributed by atoms with Gasteiger partial charge in [-0.25, -0.2) is 4.39 Å². The summed E-state index contributed by atoms with van der Waals surface area (Å²) in [5.74, 6) is -0.603. The minimum Gasteiger partial charge on any atom is -0.336 e. The minimum atomic E-state index is -0.330. The van der Waals surface area contributed by atoms with Gasteiger partial charge in [-0.3, -0.25) is 9.48 Å². The summed E-state index contributed by atoms with van der Waals surface area (Å²) in [6.45, 7) is 4.36. The first-order valence-corrected chi connectivity index (χ1v) is 7.05. The number of hydrogen-bond acceptors (Lipinski definition) is 2. The van der Waals surface area contributed by atoms with Crippen molar-refractivity contribution in [3.63, 3.8) is 0 Å². The molecule has 0 saturated heterocycles. The van der Waals surface area contributed by atoms with Crippen LogP contribution in [-0.4, -0.2) is 27.6 Å². The van der Waals surface area contributed by atoms with E-state index in [-0.39, 0.29) is 18.3 Å². The van der Waals surface area contributed by atoms with Gasteiger partial charge in [0.15, 0.2) is 0 Å². The molecule has 1 amide bonds. The average molecular weight is 310 g/mol. The second-order valence-corrected chi connectivity index (χ2v) is 5.19. The third kappa shape index (κ3) is 3.08. The Bertz CT molecular complexity index is 669. The Kier molecular flexibility index (Phi) is 4.63. The van der Waals surface area contributed by atoms with Crippen molar-refractivity contribution >= 4 is 17.5 Å². The van der Waals surface area contributed by atoms with E-state index in [1.807, 2.05) is 6.92 Å². The van der Waals surface area contributed by atoms with E-state index < -0.39 is 0 Å². The van der Waals surface area contributed by atoms with E-state index in [2.05, 4.69) is 5.10 Å². The van der Waals surface area contributed by atoms with Crippen molar-refractivity contribution < 1.29 is 9.18 Å². The largest absolute Gasteiger partial charge is 0.336 e. The molecule has 0 spiro atoms. The highest BCUT2D eigenvalue weighted by Crippen LogP contribution is 2.22. The van der Waals surface area contributed by atoms with Crippen molar-refractivity contribution in [3.05, 3.63) is 52.1 Å². The van der Waals surface area contributed by atoms with Gasteiger partial charge < -0.3 is 4.90 Å². The van der Waals surface area contributed by atoms with Crippen molar-refractivity contribution in [2.45, 2.75) is 26.9 Å². The number of nitrogens with zero attached hydrogens (tertiary/aromatic N) is 3. The zero-order valence-electron chi connectivity index (χ0n) is 12.2. The van der Waals surface area contributed by atoms with E-state index in [1.54, 1.807) is 36.9 Å². The number of rotatable bonds is 4. The highest BCUT2D eigenvalue weighted by atomic mass is 35.5. The van der Waals surface area contributed by atoms with Gasteiger partial charge in [0.2, 0.25) is 0 Å². The van der Waals surface area contributed by atoms with Crippen molar-refractivity contribution in [2.24, 2.45) is 0 Å². The fourth-order valence-electron chi connectivity index (χ4n) is 2.13. The van der Waals surface area contributed by atoms with E-state index in [4.69, 9.17) is 11.6 Å². The van der Waals surface area contributed by atoms with Gasteiger partial charge in [0.25, 0.3) is 5.91 Å². The third-order valence-electron chi connectivity index (χ3n) is 3.27. The highest BCUT2D eigenvalue weighted by Gasteiger charge is 2.23. The highest BCUT2D eigenvalue weighted by molar-refractivity contribution is 6.34. The maximum atomic E-state index is 13.7. The summed E-state index contributed by atoms with van der Waals surface area (Å²) in [5.41, 5.74) is 1.42. The second kappa shape index (κ2) is 6.26. The molecular weight excluding hydrogens is 293 g/mol. The Morgan fingerprint density at radius 3 is 2.71 bits per heavy atom. The quantitative estimate of drug-likeness (QED) is 0.869. The molecule has 4 nitrogen and oxygen atoms in total. The van der Waals surface area contributed by atoms with Crippen LogP contribution in [0.5, 0.6) is 0 Å². The van der Waals surface area contributed by atoms with E-state index in [0.29, 0.717) is 28.5 Å². The number of halogens is 2. The zero-order chi connectivity index (χ0) is 15.6. The molecule has 1 heterocycles. The maximum Gasteiger partial charge on any atom is 0.273 e. The number of amides is 1. The molecule has 0 N–H and O–H groups in total. The Morgan fingerprint density at radius 1 is 1.43 bits per heavy atom. The van der Waals surface area contributed by atoms with Crippen LogP contribution in [0.15, 0.2) is 24.3 Å². The first kappa shape index (κ1) is 15.5. The zero-order valence-corrected chi connectivity index (χ0v) is 13.0. The van der Waals surface area contributed by atoms with Gasteiger partial charge in [0, 0.05) is 25.7 Å². The summed E-state index contributed by atoms with van der Waals surface area (Å²) >= 11 is 6.16. The van der Waals surface area contributed by atoms with E-state index >= 15 is 0 Å². The smallest absolute Gasteiger partial charge is 0.273 e. The summed E-state index contributed by atoms with van der Waals surface area (Å²) < 4.78 is 15.2. The third-order valence-corrected chi connectivity index (χ3v) is 3.72. The van der Waals surface area contributed by atoms with Crippen LogP contribution in [0.25, 0.3) is 0 Å². The van der Waals surface area contributed by atoms with Gasteiger partial charge in [0.1, 0.15) is 11.5 Å². The Balaban J connectivity index is 2.26. The van der Waals surface area contributed by atoms with Gasteiger partial charge in [0.05, 0.1) is 10.7 Å². The van der Waals surface area contributed by atoms with Crippen LogP contribution in [0.3, 0.4) is 0 Å². The molecule has 0 radical (unpaired) electrons. The molecule has 0 bridgehead atoms. The predicted molar refractivity (Wildman–Crippen MR) is 79.8 cm³/mol. The number of carbonyl (C=O) groups excluding carboxylic acids is 1. The van der Waals surface area contributed by atoms with Crippen molar-refractivity contribution in [1.29, 1.82) is 0 Å². The normalized spacial score (nSPS) is 10.7. The summed E-state index contributed by atoms with van der Waals surface area (Å²) in [4.78, 5) is 14.0. The SMILES string of the molecule is CCn1nc(C)c(Cl)c1C(=O)N(C)Cc1ccccc1F. The van der Waals surface area contributed by atoms with Gasteiger partial charge in [-0.05, 0) is 19.9 Å². The number of aryl methyl sites for hydroxylation is 2. The van der Waals surface area contributed by atoms with E-state index in [9.17, 15) is 9.18 Å². The Hall–Kier alpha value is -1.88. The molecule has 6 heteroatoms. The number of hydrogen-bond donors (Lipinski definition) is 0. The van der Waals surface area contributed by atoms with Gasteiger partial charge in [-0.15, -0.1) is 0 Å². The average Bonchev–Trinajstić information content (AvgIpc) is 2.76. The molecule has 0 aliphatic carbocycles. The van der Waals surface area contributed by atoms with Gasteiger partial charge in [-0.2, -0.15) is 5.10 Å². The van der Waals surface area contributed by atoms with E-state index in [1.165, 1.54) is 11.0 Å². The molecule has 0 unspecified atom stereocenters. The van der Waals surface area contributed by atoms with Crippen molar-refractivity contribution in [2.75, 3.05) is 7.05 Å². The molecule has 2 rings (SSSR count). The maximum absolute atomic E-state index is 13.7. The van der Waals surface area contributed by atoms with Crippen LogP contribution in [0, 0.1) is 12.7 Å². The number of carbonyl (C=O) groups is 1. The fourth-order valence-corrected chi connectivity index (χ4v) is 2.34. The monoisotopic (exact) mass is 309 g/mol. The Labute approximate surface area is 128 Å². The number of aromatic nitrogens is 2. The molecule has 0 aliphatic rings. The first-order chi connectivity index (χ1) is 9.95. The molecule has 0 aliphatic heterocycles. The van der Waals surface area contributed by atoms with Gasteiger partial charge >= 0.3 is 0 Å². The van der Waals surface area contributed by atoms with Crippen LogP contribution in [-0.2, 0) is 13.1 Å². The van der Waals surface area contributed by atoms with Gasteiger partial charge in [-0.1, -0.05) is 29.8 Å². The van der Waals surface area contributed by atoms with E-state index in [0.717, 1.165) is 0 Å². The number of benzene rings is 1. The summed E-state index contributed by atoms with van der Waals surface area (Å²) in [7, 11) is 1.62. The summed E-state index contributed by atoms with van der Waals surface area (Å²) in [6.07, 6.45) is 0. The van der Waals surface area contributed by atoms with Crippen LogP contribution >= 0.6 is 11.6 Å². The van der Waals surface area contributed by atoms with Crippen LogP contribution in [0.4, 0.5) is 4.39 Å². The topological polar surface area (TPSA) is 38.1 Å². The summed E-state index contributed by atoms with van der Waals surface area (Å²) in [5, 5.41) is 4.57. The second-order valence-electron chi connectivity index (χ2n) is 4.82. The lowest BCUT2D eigenvalue weighted by atomic mass is 10.2. The minimum absolute atomic E-state index is 0.176. The van der Waals surface area contributed by atoms with Crippen LogP contribution in [0.1, 0.15) is 28.7 Å². The fraction of sp³-hybridized carbons (Fsp3) is 0.333. The molecule has 2 aromatic rings. The molecule has 112 valence electrons. The molecule has 1 aromatic carbocycles. The lowest BCUT2D eigenvalue weighted by Gasteiger charge is -2.18. The van der Waals surface area contributed by atoms with Crippen LogP contribution < -0.4 is 0 Å². The molecule has 1 aromatic heterocycles. The molecule has 0 atom stereocenters. The lowest BCUT2D eigenvalue weighted by molar-refractivity contribution is 0.0771. The predicted octanol–water partition coefficient (Wildman–Crippen LogP) is 3.28. The standard InChI is InChI=1S/C15H17ClFN3O/c1-4-20-14(13(16)10(2)18-20)15(21)19(3)9-11-7-5-6-8-12(11)17/h5-8H,4,9H2,1-3H3. The molecule has 0 fully saturated rings. The van der Waals surface area contributed by atoms with Crippen molar-refractivity contribution in [3.8, 4) is 0 Å². The Morgan fingerprint density at radius 2 is 2.10 bits per heavy atom. The van der Waals surface area contributed by atoms with Crippen molar-refractivity contribution in [1.82, 2.24) is 14.7 Å². The molecule has 21 heavy (non-hydrogen) atoms. The molecular formula is C15H17ClFN3O. The summed E-state index contributed by atoms with van der Waals surface area (Å²) in [6, 6.07) is 6.39. The molecule has 0 saturated carbocycles. The lowest BCUT2D eigenvalue weighted by Crippen LogP contribution is -2.29.